The third-order valence-electron chi connectivity index (χ3n) is 2.68. The summed E-state index contributed by atoms with van der Waals surface area (Å²) in [5, 5.41) is 0. The fraction of sp³-hybridized carbons (Fsp3) is 0.167. The Labute approximate surface area is 121 Å². The fourth-order valence-electron chi connectivity index (χ4n) is 1.84. The molecule has 2 aromatic rings. The van der Waals surface area contributed by atoms with Gasteiger partial charge >= 0.3 is 6.18 Å². The summed E-state index contributed by atoms with van der Waals surface area (Å²) in [5.74, 6) is 4.56. The molecule has 0 aliphatic rings. The van der Waals surface area contributed by atoms with E-state index >= 15 is 0 Å². The first kappa shape index (κ1) is 15.2. The van der Waals surface area contributed by atoms with Crippen LogP contribution in [0.2, 0.25) is 4.34 Å². The van der Waals surface area contributed by atoms with Crippen molar-refractivity contribution < 1.29 is 17.6 Å². The molecular weight excluding hydrogens is 316 g/mol. The van der Waals surface area contributed by atoms with Crippen molar-refractivity contribution in [2.45, 2.75) is 12.2 Å². The van der Waals surface area contributed by atoms with E-state index in [9.17, 15) is 17.6 Å². The lowest BCUT2D eigenvalue weighted by Crippen LogP contribution is -2.30. The van der Waals surface area contributed by atoms with Crippen LogP contribution in [0, 0.1) is 5.82 Å². The van der Waals surface area contributed by atoms with Crippen molar-refractivity contribution in [3.63, 3.8) is 0 Å². The van der Waals surface area contributed by atoms with Crippen LogP contribution in [0.25, 0.3) is 0 Å². The van der Waals surface area contributed by atoms with Gasteiger partial charge in [0.1, 0.15) is 5.82 Å². The SMILES string of the molecule is NNC(c1ccc(Cl)s1)c1cc(F)ccc1C(F)(F)F. The molecule has 3 N–H and O–H groups in total. The van der Waals surface area contributed by atoms with E-state index < -0.39 is 23.6 Å². The highest BCUT2D eigenvalue weighted by Gasteiger charge is 2.36. The normalized spacial score (nSPS) is 13.5. The number of alkyl halides is 3. The number of thiophene rings is 1. The first-order valence-electron chi connectivity index (χ1n) is 5.41. The number of halogens is 5. The number of nitrogens with two attached hydrogens (primary N) is 1. The van der Waals surface area contributed by atoms with E-state index in [1.54, 1.807) is 12.1 Å². The highest BCUT2D eigenvalue weighted by molar-refractivity contribution is 7.16. The highest BCUT2D eigenvalue weighted by atomic mass is 35.5. The molecular formula is C12H9ClF4N2S. The average Bonchev–Trinajstić information content (AvgIpc) is 2.75. The Bertz CT molecular complexity index is 612. The predicted molar refractivity (Wildman–Crippen MR) is 69.9 cm³/mol. The Hall–Kier alpha value is -1.15. The van der Waals surface area contributed by atoms with Crippen molar-refractivity contribution in [2.75, 3.05) is 0 Å². The number of hydrazine groups is 1. The van der Waals surface area contributed by atoms with Gasteiger partial charge in [0.15, 0.2) is 0 Å². The molecule has 1 aromatic heterocycles. The highest BCUT2D eigenvalue weighted by Crippen LogP contribution is 2.38. The maximum Gasteiger partial charge on any atom is 0.416 e. The topological polar surface area (TPSA) is 38.0 Å². The van der Waals surface area contributed by atoms with Gasteiger partial charge in [0.2, 0.25) is 0 Å². The van der Waals surface area contributed by atoms with Crippen LogP contribution >= 0.6 is 22.9 Å². The Morgan fingerprint density at radius 1 is 1.20 bits per heavy atom. The third kappa shape index (κ3) is 3.12. The molecule has 0 aliphatic carbocycles. The van der Waals surface area contributed by atoms with Gasteiger partial charge < -0.3 is 0 Å². The van der Waals surface area contributed by atoms with E-state index in [1.807, 2.05) is 0 Å². The van der Waals surface area contributed by atoms with E-state index in [0.717, 1.165) is 23.5 Å². The molecule has 0 saturated heterocycles. The molecule has 0 radical (unpaired) electrons. The summed E-state index contributed by atoms with van der Waals surface area (Å²) in [6, 6.07) is 4.38. The summed E-state index contributed by atoms with van der Waals surface area (Å²) in [6.45, 7) is 0. The Morgan fingerprint density at radius 2 is 1.90 bits per heavy atom. The molecule has 0 aliphatic heterocycles. The summed E-state index contributed by atoms with van der Waals surface area (Å²) < 4.78 is 52.7. The predicted octanol–water partition coefficient (Wildman–Crippen LogP) is 4.11. The number of nitrogens with one attached hydrogen (secondary N) is 1. The molecule has 20 heavy (non-hydrogen) atoms. The average molecular weight is 325 g/mol. The molecule has 1 heterocycles. The Morgan fingerprint density at radius 3 is 2.40 bits per heavy atom. The Kier molecular flexibility index (Phi) is 4.33. The molecule has 0 amide bonds. The molecule has 1 aromatic carbocycles. The molecule has 0 saturated carbocycles. The van der Waals surface area contributed by atoms with E-state index in [-0.39, 0.29) is 5.56 Å². The zero-order chi connectivity index (χ0) is 14.9. The quantitative estimate of drug-likeness (QED) is 0.506. The Balaban J connectivity index is 2.56. The van der Waals surface area contributed by atoms with Crippen molar-refractivity contribution in [1.82, 2.24) is 5.43 Å². The maximum absolute atomic E-state index is 13.3. The van der Waals surface area contributed by atoms with E-state index in [0.29, 0.717) is 15.3 Å². The van der Waals surface area contributed by atoms with Gasteiger partial charge in [-0.1, -0.05) is 11.6 Å². The standard InChI is InChI=1S/C12H9ClF4N2S/c13-10-4-3-9(20-10)11(19-18)7-5-6(14)1-2-8(7)12(15,16)17/h1-5,11,19H,18H2. The van der Waals surface area contributed by atoms with Crippen LogP contribution in [0.1, 0.15) is 22.0 Å². The van der Waals surface area contributed by atoms with Crippen LogP contribution in [-0.2, 0) is 6.18 Å². The van der Waals surface area contributed by atoms with Gasteiger partial charge in [-0.05, 0) is 35.9 Å². The van der Waals surface area contributed by atoms with Gasteiger partial charge in [0, 0.05) is 4.88 Å². The summed E-state index contributed by atoms with van der Waals surface area (Å²) in [5.41, 5.74) is 1.06. The number of hydrogen-bond donors (Lipinski definition) is 2. The van der Waals surface area contributed by atoms with Crippen molar-refractivity contribution >= 4 is 22.9 Å². The molecule has 1 atom stereocenters. The zero-order valence-electron chi connectivity index (χ0n) is 9.84. The van der Waals surface area contributed by atoms with Crippen molar-refractivity contribution in [3.8, 4) is 0 Å². The van der Waals surface area contributed by atoms with Gasteiger partial charge in [0.05, 0.1) is 15.9 Å². The van der Waals surface area contributed by atoms with E-state index in [2.05, 4.69) is 5.43 Å². The van der Waals surface area contributed by atoms with Crippen molar-refractivity contribution in [3.05, 3.63) is 56.5 Å². The molecule has 0 spiro atoms. The monoisotopic (exact) mass is 324 g/mol. The molecule has 8 heteroatoms. The van der Waals surface area contributed by atoms with Crippen LogP contribution in [-0.4, -0.2) is 0 Å². The lowest BCUT2D eigenvalue weighted by molar-refractivity contribution is -0.138. The minimum absolute atomic E-state index is 0.279. The summed E-state index contributed by atoms with van der Waals surface area (Å²) >= 11 is 6.84. The first-order chi connectivity index (χ1) is 9.32. The van der Waals surface area contributed by atoms with Crippen LogP contribution in [0.3, 0.4) is 0 Å². The van der Waals surface area contributed by atoms with Crippen LogP contribution in [0.5, 0.6) is 0 Å². The molecule has 0 fully saturated rings. The minimum atomic E-state index is -4.60. The number of hydrogen-bond acceptors (Lipinski definition) is 3. The largest absolute Gasteiger partial charge is 0.416 e. The molecule has 2 rings (SSSR count). The molecule has 108 valence electrons. The van der Waals surface area contributed by atoms with Crippen LogP contribution in [0.15, 0.2) is 30.3 Å². The van der Waals surface area contributed by atoms with E-state index in [1.165, 1.54) is 0 Å². The summed E-state index contributed by atoms with van der Waals surface area (Å²) in [4.78, 5) is 0.466. The minimum Gasteiger partial charge on any atom is -0.271 e. The molecule has 1 unspecified atom stereocenters. The second-order valence-corrected chi connectivity index (χ2v) is 5.72. The second-order valence-electron chi connectivity index (χ2n) is 3.97. The van der Waals surface area contributed by atoms with Crippen LogP contribution < -0.4 is 11.3 Å². The van der Waals surface area contributed by atoms with Gasteiger partial charge in [-0.3, -0.25) is 5.84 Å². The smallest absolute Gasteiger partial charge is 0.271 e. The lowest BCUT2D eigenvalue weighted by atomic mass is 9.99. The summed E-state index contributed by atoms with van der Waals surface area (Å²) in [7, 11) is 0. The first-order valence-corrected chi connectivity index (χ1v) is 6.60. The van der Waals surface area contributed by atoms with Gasteiger partial charge in [0.25, 0.3) is 0 Å². The molecule has 2 nitrogen and oxygen atoms in total. The maximum atomic E-state index is 13.3. The van der Waals surface area contributed by atoms with Gasteiger partial charge in [-0.25, -0.2) is 9.82 Å². The second kappa shape index (κ2) is 5.69. The van der Waals surface area contributed by atoms with E-state index in [4.69, 9.17) is 17.4 Å². The third-order valence-corrected chi connectivity index (χ3v) is 3.97. The lowest BCUT2D eigenvalue weighted by Gasteiger charge is -2.20. The fourth-order valence-corrected chi connectivity index (χ4v) is 2.98. The summed E-state index contributed by atoms with van der Waals surface area (Å²) in [6.07, 6.45) is -4.60. The van der Waals surface area contributed by atoms with Gasteiger partial charge in [-0.15, -0.1) is 11.3 Å². The van der Waals surface area contributed by atoms with Gasteiger partial charge in [-0.2, -0.15) is 13.2 Å². The zero-order valence-corrected chi connectivity index (χ0v) is 11.4. The van der Waals surface area contributed by atoms with Crippen LogP contribution in [0.4, 0.5) is 17.6 Å². The number of benzene rings is 1. The number of rotatable bonds is 3. The van der Waals surface area contributed by atoms with Crippen molar-refractivity contribution in [2.24, 2.45) is 5.84 Å². The van der Waals surface area contributed by atoms with Crippen molar-refractivity contribution in [1.29, 1.82) is 0 Å². The molecule has 0 bridgehead atoms.